The Balaban J connectivity index is 2.28. The Morgan fingerprint density at radius 2 is 1.81 bits per heavy atom. The fourth-order valence-electron chi connectivity index (χ4n) is 2.76. The molecule has 0 aliphatic carbocycles. The van der Waals surface area contributed by atoms with Gasteiger partial charge in [-0.25, -0.2) is 4.79 Å². The lowest BCUT2D eigenvalue weighted by molar-refractivity contribution is 0.0665. The van der Waals surface area contributed by atoms with E-state index in [1.807, 2.05) is 20.8 Å². The van der Waals surface area contributed by atoms with Crippen LogP contribution in [-0.2, 0) is 19.4 Å². The van der Waals surface area contributed by atoms with Crippen molar-refractivity contribution in [2.75, 3.05) is 0 Å². The molecular weight excluding hydrogens is 346 g/mol. The molecule has 0 aromatic carbocycles. The summed E-state index contributed by atoms with van der Waals surface area (Å²) in [5.41, 5.74) is 0.0943. The summed E-state index contributed by atoms with van der Waals surface area (Å²) in [5.74, 6) is 1.61. The number of aromatic nitrogens is 2. The SMILES string of the molecule is CCc1nnc(CN(C(=O)c2c(C)cc(CCC(C)C)oc2=O)C(C)C)o1. The second kappa shape index (κ2) is 8.97. The molecule has 7 nitrogen and oxygen atoms in total. The van der Waals surface area contributed by atoms with Gasteiger partial charge >= 0.3 is 5.63 Å². The Morgan fingerprint density at radius 1 is 1.15 bits per heavy atom. The van der Waals surface area contributed by atoms with Crippen molar-refractivity contribution in [3.63, 3.8) is 0 Å². The molecule has 0 spiro atoms. The summed E-state index contributed by atoms with van der Waals surface area (Å²) in [7, 11) is 0. The normalized spacial score (nSPS) is 11.4. The number of hydrogen-bond acceptors (Lipinski definition) is 6. The molecule has 148 valence electrons. The van der Waals surface area contributed by atoms with Crippen molar-refractivity contribution in [2.45, 2.75) is 73.4 Å². The molecule has 2 aromatic heterocycles. The van der Waals surface area contributed by atoms with Gasteiger partial charge in [-0.2, -0.15) is 0 Å². The van der Waals surface area contributed by atoms with Gasteiger partial charge in [0.15, 0.2) is 0 Å². The summed E-state index contributed by atoms with van der Waals surface area (Å²) >= 11 is 0. The second-order valence-electron chi connectivity index (χ2n) is 7.46. The van der Waals surface area contributed by atoms with Crippen LogP contribution in [0.2, 0.25) is 0 Å². The molecule has 0 bridgehead atoms. The first-order valence-corrected chi connectivity index (χ1v) is 9.48. The summed E-state index contributed by atoms with van der Waals surface area (Å²) < 4.78 is 10.9. The standard InChI is InChI=1S/C20H29N3O4/c1-7-16-21-22-17(27-16)11-23(13(4)5)19(24)18-14(6)10-15(26-20(18)25)9-8-12(2)3/h10,12-13H,7-9,11H2,1-6H3. The Hall–Kier alpha value is -2.44. The third-order valence-corrected chi connectivity index (χ3v) is 4.38. The highest BCUT2D eigenvalue weighted by Crippen LogP contribution is 2.16. The summed E-state index contributed by atoms with van der Waals surface area (Å²) in [6, 6.07) is 1.64. The summed E-state index contributed by atoms with van der Waals surface area (Å²) in [5, 5.41) is 7.90. The van der Waals surface area contributed by atoms with Crippen molar-refractivity contribution in [1.29, 1.82) is 0 Å². The minimum Gasteiger partial charge on any atom is -0.427 e. The first kappa shape index (κ1) is 20.9. The highest BCUT2D eigenvalue weighted by molar-refractivity contribution is 5.95. The maximum Gasteiger partial charge on any atom is 0.349 e. The molecule has 0 saturated carbocycles. The lowest BCUT2D eigenvalue weighted by atomic mass is 10.0. The van der Waals surface area contributed by atoms with Gasteiger partial charge in [0.1, 0.15) is 11.3 Å². The Morgan fingerprint density at radius 3 is 2.33 bits per heavy atom. The van der Waals surface area contributed by atoms with Crippen LogP contribution >= 0.6 is 0 Å². The van der Waals surface area contributed by atoms with E-state index in [0.29, 0.717) is 41.9 Å². The smallest absolute Gasteiger partial charge is 0.349 e. The molecule has 1 amide bonds. The van der Waals surface area contributed by atoms with E-state index in [1.165, 1.54) is 0 Å². The molecule has 2 rings (SSSR count). The van der Waals surface area contributed by atoms with Crippen LogP contribution in [0.25, 0.3) is 0 Å². The highest BCUT2D eigenvalue weighted by atomic mass is 16.4. The number of amides is 1. The maximum atomic E-state index is 13.1. The van der Waals surface area contributed by atoms with Crippen LogP contribution in [0.1, 0.15) is 74.5 Å². The molecule has 2 heterocycles. The number of carbonyl (C=O) groups excluding carboxylic acids is 1. The van der Waals surface area contributed by atoms with Gasteiger partial charge in [0, 0.05) is 18.9 Å². The second-order valence-corrected chi connectivity index (χ2v) is 7.46. The molecular formula is C20H29N3O4. The fourth-order valence-corrected chi connectivity index (χ4v) is 2.76. The fraction of sp³-hybridized carbons (Fsp3) is 0.600. The zero-order chi connectivity index (χ0) is 20.1. The molecule has 0 aliphatic heterocycles. The molecule has 0 atom stereocenters. The average molecular weight is 375 g/mol. The van der Waals surface area contributed by atoms with Crippen molar-refractivity contribution in [3.05, 3.63) is 45.2 Å². The summed E-state index contributed by atoms with van der Waals surface area (Å²) in [4.78, 5) is 27.1. The molecule has 0 N–H and O–H groups in total. The quantitative estimate of drug-likeness (QED) is 0.701. The molecule has 0 saturated heterocycles. The lowest BCUT2D eigenvalue weighted by Crippen LogP contribution is -2.39. The van der Waals surface area contributed by atoms with Crippen LogP contribution in [0.4, 0.5) is 0 Å². The number of nitrogens with zero attached hydrogens (tertiary/aromatic N) is 3. The highest BCUT2D eigenvalue weighted by Gasteiger charge is 2.26. The Labute approximate surface area is 159 Å². The van der Waals surface area contributed by atoms with Crippen LogP contribution in [0.5, 0.6) is 0 Å². The molecule has 0 aliphatic rings. The third-order valence-electron chi connectivity index (χ3n) is 4.38. The largest absolute Gasteiger partial charge is 0.427 e. The minimum absolute atomic E-state index is 0.0622. The van der Waals surface area contributed by atoms with E-state index in [0.717, 1.165) is 6.42 Å². The Kier molecular flexibility index (Phi) is 6.93. The van der Waals surface area contributed by atoms with E-state index < -0.39 is 5.63 Å². The van der Waals surface area contributed by atoms with E-state index >= 15 is 0 Å². The Bertz CT molecular complexity index is 836. The number of rotatable bonds is 8. The summed E-state index contributed by atoms with van der Waals surface area (Å²) in [6.45, 7) is 11.8. The molecule has 0 radical (unpaired) electrons. The predicted molar refractivity (Wildman–Crippen MR) is 102 cm³/mol. The number of carbonyl (C=O) groups is 1. The molecule has 0 fully saturated rings. The van der Waals surface area contributed by atoms with Gasteiger partial charge in [0.2, 0.25) is 11.8 Å². The van der Waals surface area contributed by atoms with Crippen LogP contribution < -0.4 is 5.63 Å². The molecule has 2 aromatic rings. The van der Waals surface area contributed by atoms with E-state index in [4.69, 9.17) is 8.83 Å². The maximum absolute atomic E-state index is 13.1. The van der Waals surface area contributed by atoms with Crippen molar-refractivity contribution in [2.24, 2.45) is 5.92 Å². The monoisotopic (exact) mass is 375 g/mol. The van der Waals surface area contributed by atoms with E-state index in [-0.39, 0.29) is 24.1 Å². The lowest BCUT2D eigenvalue weighted by Gasteiger charge is -2.25. The number of hydrogen-bond donors (Lipinski definition) is 0. The van der Waals surface area contributed by atoms with Gasteiger partial charge < -0.3 is 13.7 Å². The van der Waals surface area contributed by atoms with E-state index in [9.17, 15) is 9.59 Å². The minimum atomic E-state index is -0.593. The first-order chi connectivity index (χ1) is 12.7. The van der Waals surface area contributed by atoms with E-state index in [2.05, 4.69) is 24.0 Å². The zero-order valence-corrected chi connectivity index (χ0v) is 17.0. The molecule has 7 heteroatoms. The van der Waals surface area contributed by atoms with Crippen molar-refractivity contribution >= 4 is 5.91 Å². The van der Waals surface area contributed by atoms with Gasteiger partial charge in [0.25, 0.3) is 5.91 Å². The topological polar surface area (TPSA) is 89.4 Å². The van der Waals surface area contributed by atoms with Gasteiger partial charge in [-0.1, -0.05) is 20.8 Å². The van der Waals surface area contributed by atoms with Gasteiger partial charge in [-0.05, 0) is 44.7 Å². The van der Waals surface area contributed by atoms with Crippen LogP contribution in [0, 0.1) is 12.8 Å². The van der Waals surface area contributed by atoms with Crippen LogP contribution in [-0.4, -0.2) is 27.0 Å². The van der Waals surface area contributed by atoms with Crippen molar-refractivity contribution in [1.82, 2.24) is 15.1 Å². The summed E-state index contributed by atoms with van der Waals surface area (Å²) in [6.07, 6.45) is 2.23. The third kappa shape index (κ3) is 5.28. The van der Waals surface area contributed by atoms with Crippen LogP contribution in [0.15, 0.2) is 19.7 Å². The van der Waals surface area contributed by atoms with Gasteiger partial charge in [-0.15, -0.1) is 10.2 Å². The zero-order valence-electron chi connectivity index (χ0n) is 17.0. The van der Waals surface area contributed by atoms with E-state index in [1.54, 1.807) is 17.9 Å². The first-order valence-electron chi connectivity index (χ1n) is 9.48. The molecule has 27 heavy (non-hydrogen) atoms. The van der Waals surface area contributed by atoms with Crippen molar-refractivity contribution < 1.29 is 13.6 Å². The average Bonchev–Trinajstić information content (AvgIpc) is 3.04. The van der Waals surface area contributed by atoms with Crippen LogP contribution in [0.3, 0.4) is 0 Å². The number of aryl methyl sites for hydroxylation is 3. The van der Waals surface area contributed by atoms with Gasteiger partial charge in [0.05, 0.1) is 6.54 Å². The van der Waals surface area contributed by atoms with Crippen molar-refractivity contribution in [3.8, 4) is 0 Å². The molecule has 0 unspecified atom stereocenters. The predicted octanol–water partition coefficient (Wildman–Crippen LogP) is 3.53. The van der Waals surface area contributed by atoms with Gasteiger partial charge in [-0.3, -0.25) is 4.79 Å².